The predicted octanol–water partition coefficient (Wildman–Crippen LogP) is 0.535. The van der Waals surface area contributed by atoms with Crippen LogP contribution >= 0.6 is 0 Å². The van der Waals surface area contributed by atoms with E-state index in [1.165, 1.54) is 7.11 Å². The summed E-state index contributed by atoms with van der Waals surface area (Å²) in [6, 6.07) is 3.37. The van der Waals surface area contributed by atoms with E-state index in [4.69, 9.17) is 14.2 Å². The van der Waals surface area contributed by atoms with Crippen LogP contribution in [0.3, 0.4) is 0 Å². The van der Waals surface area contributed by atoms with Gasteiger partial charge in [0.1, 0.15) is 16.5 Å². The number of hydrogen-bond acceptors (Lipinski definition) is 5. The number of thiol groups is 1. The first kappa shape index (κ1) is 10.1. The largest absolute Gasteiger partial charge is 0.496 e. The summed E-state index contributed by atoms with van der Waals surface area (Å²) in [4.78, 5) is 0. The highest BCUT2D eigenvalue weighted by atomic mass is 32.2. The molecule has 15 heavy (non-hydrogen) atoms. The predicted molar refractivity (Wildman–Crippen MR) is 53.1 cm³/mol. The van der Waals surface area contributed by atoms with Crippen molar-refractivity contribution in [3.05, 3.63) is 17.7 Å². The van der Waals surface area contributed by atoms with Gasteiger partial charge in [-0.3, -0.25) is 0 Å². The van der Waals surface area contributed by atoms with Crippen LogP contribution in [-0.2, 0) is 16.5 Å². The van der Waals surface area contributed by atoms with Gasteiger partial charge in [-0.1, -0.05) is 0 Å². The highest BCUT2D eigenvalue weighted by Crippen LogP contribution is 2.40. The van der Waals surface area contributed by atoms with Crippen molar-refractivity contribution in [1.29, 1.82) is 0 Å². The maximum Gasteiger partial charge on any atom is 0.231 e. The minimum absolute atomic E-state index is 0.106. The molecule has 6 heteroatoms. The Labute approximate surface area is 88.5 Å². The molecule has 0 N–H and O–H groups in total. The Morgan fingerprint density at radius 2 is 2.20 bits per heavy atom. The third-order valence-electron chi connectivity index (χ3n) is 2.11. The van der Waals surface area contributed by atoms with Crippen LogP contribution in [0.1, 0.15) is 5.56 Å². The van der Waals surface area contributed by atoms with Crippen LogP contribution in [0.15, 0.2) is 12.1 Å². The number of fused-ring (bicyclic) bond motifs is 1. The van der Waals surface area contributed by atoms with Crippen LogP contribution in [0.2, 0.25) is 0 Å². The van der Waals surface area contributed by atoms with Crippen molar-refractivity contribution in [2.24, 2.45) is 0 Å². The molecule has 0 fully saturated rings. The summed E-state index contributed by atoms with van der Waals surface area (Å²) in [6.07, 6.45) is 0. The van der Waals surface area contributed by atoms with E-state index in [1.807, 2.05) is 0 Å². The molecular formula is C9H10O5S. The molecular weight excluding hydrogens is 220 g/mol. The van der Waals surface area contributed by atoms with Crippen molar-refractivity contribution in [3.8, 4) is 17.2 Å². The van der Waals surface area contributed by atoms with Gasteiger partial charge in [0.15, 0.2) is 11.5 Å². The normalized spacial score (nSPS) is 13.2. The molecule has 0 amide bonds. The summed E-state index contributed by atoms with van der Waals surface area (Å²) in [6.45, 7) is 0.116. The standard InChI is InChI=1S/C9H10O5S/c1-12-7-2-3-8-9(14-5-13-8)6(7)4-15(10)11/h2-3,15H,4-5H2,1H3. The van der Waals surface area contributed by atoms with Crippen LogP contribution in [-0.4, -0.2) is 22.3 Å². The van der Waals surface area contributed by atoms with Gasteiger partial charge in [-0.15, -0.1) is 0 Å². The molecule has 0 bridgehead atoms. The van der Waals surface area contributed by atoms with Gasteiger partial charge < -0.3 is 14.2 Å². The molecule has 1 heterocycles. The zero-order chi connectivity index (χ0) is 10.8. The Morgan fingerprint density at radius 3 is 2.87 bits per heavy atom. The first-order chi connectivity index (χ1) is 7.22. The zero-order valence-electron chi connectivity index (χ0n) is 8.06. The van der Waals surface area contributed by atoms with Crippen molar-refractivity contribution in [2.45, 2.75) is 5.75 Å². The Kier molecular flexibility index (Phi) is 2.68. The van der Waals surface area contributed by atoms with Crippen LogP contribution in [0.5, 0.6) is 17.2 Å². The Hall–Kier alpha value is -1.43. The van der Waals surface area contributed by atoms with Crippen LogP contribution in [0, 0.1) is 0 Å². The van der Waals surface area contributed by atoms with Crippen molar-refractivity contribution in [3.63, 3.8) is 0 Å². The summed E-state index contributed by atoms with van der Waals surface area (Å²) >= 11 is 0. The summed E-state index contributed by atoms with van der Waals surface area (Å²) in [7, 11) is -1.04. The van der Waals surface area contributed by atoms with E-state index < -0.39 is 10.7 Å². The molecule has 0 atom stereocenters. The lowest BCUT2D eigenvalue weighted by Crippen LogP contribution is -1.97. The molecule has 0 radical (unpaired) electrons. The van der Waals surface area contributed by atoms with E-state index in [-0.39, 0.29) is 12.5 Å². The van der Waals surface area contributed by atoms with E-state index in [0.717, 1.165) is 0 Å². The molecule has 0 aromatic heterocycles. The fraction of sp³-hybridized carbons (Fsp3) is 0.333. The number of hydrogen-bond donors (Lipinski definition) is 1. The first-order valence-corrected chi connectivity index (χ1v) is 5.66. The Morgan fingerprint density at radius 1 is 1.40 bits per heavy atom. The van der Waals surface area contributed by atoms with Gasteiger partial charge in [-0.25, -0.2) is 8.42 Å². The zero-order valence-corrected chi connectivity index (χ0v) is 8.95. The number of ether oxygens (including phenoxy) is 3. The number of methoxy groups -OCH3 is 1. The molecule has 1 aliphatic heterocycles. The molecule has 0 saturated carbocycles. The van der Waals surface area contributed by atoms with E-state index in [1.54, 1.807) is 12.1 Å². The fourth-order valence-electron chi connectivity index (χ4n) is 1.48. The fourth-order valence-corrected chi connectivity index (χ4v) is 2.04. The molecule has 1 aromatic carbocycles. The first-order valence-electron chi connectivity index (χ1n) is 4.29. The highest BCUT2D eigenvalue weighted by Gasteiger charge is 2.21. The molecule has 5 nitrogen and oxygen atoms in total. The third-order valence-corrected chi connectivity index (χ3v) is 2.68. The third kappa shape index (κ3) is 1.85. The summed E-state index contributed by atoms with van der Waals surface area (Å²) < 4.78 is 36.9. The molecule has 0 aliphatic carbocycles. The van der Waals surface area contributed by atoms with Gasteiger partial charge in [-0.05, 0) is 12.1 Å². The molecule has 82 valence electrons. The minimum Gasteiger partial charge on any atom is -0.496 e. The molecule has 0 saturated heterocycles. The quantitative estimate of drug-likeness (QED) is 0.768. The van der Waals surface area contributed by atoms with Crippen LogP contribution in [0.25, 0.3) is 0 Å². The van der Waals surface area contributed by atoms with Gasteiger partial charge in [0.05, 0.1) is 18.4 Å². The van der Waals surface area contributed by atoms with Gasteiger partial charge in [0.25, 0.3) is 0 Å². The van der Waals surface area contributed by atoms with Gasteiger partial charge in [0, 0.05) is 0 Å². The Balaban J connectivity index is 2.51. The second kappa shape index (κ2) is 3.98. The molecule has 0 spiro atoms. The van der Waals surface area contributed by atoms with Crippen molar-refractivity contribution >= 4 is 10.7 Å². The second-order valence-electron chi connectivity index (χ2n) is 2.97. The highest BCUT2D eigenvalue weighted by molar-refractivity contribution is 7.71. The lowest BCUT2D eigenvalue weighted by atomic mass is 10.2. The Bertz CT molecular complexity index is 444. The van der Waals surface area contributed by atoms with Crippen molar-refractivity contribution in [1.82, 2.24) is 0 Å². The van der Waals surface area contributed by atoms with Crippen LogP contribution < -0.4 is 14.2 Å². The number of benzene rings is 1. The summed E-state index contributed by atoms with van der Waals surface area (Å²) in [5.74, 6) is 1.42. The van der Waals surface area contributed by atoms with Crippen LogP contribution in [0.4, 0.5) is 0 Å². The van der Waals surface area contributed by atoms with E-state index in [0.29, 0.717) is 22.8 Å². The molecule has 1 aromatic rings. The maximum atomic E-state index is 10.7. The summed E-state index contributed by atoms with van der Waals surface area (Å²) in [5, 5.41) is 0. The van der Waals surface area contributed by atoms with E-state index >= 15 is 0 Å². The molecule has 1 aliphatic rings. The lowest BCUT2D eigenvalue weighted by Gasteiger charge is -2.08. The van der Waals surface area contributed by atoms with Gasteiger partial charge in [0.2, 0.25) is 6.79 Å². The monoisotopic (exact) mass is 230 g/mol. The minimum atomic E-state index is -2.52. The van der Waals surface area contributed by atoms with Gasteiger partial charge in [-0.2, -0.15) is 0 Å². The smallest absolute Gasteiger partial charge is 0.231 e. The van der Waals surface area contributed by atoms with Gasteiger partial charge >= 0.3 is 0 Å². The second-order valence-corrected chi connectivity index (χ2v) is 3.95. The summed E-state index contributed by atoms with van der Waals surface area (Å²) in [5.41, 5.74) is 0.517. The molecule has 0 unspecified atom stereocenters. The van der Waals surface area contributed by atoms with E-state index in [9.17, 15) is 8.42 Å². The lowest BCUT2D eigenvalue weighted by molar-refractivity contribution is 0.173. The van der Waals surface area contributed by atoms with Crippen molar-refractivity contribution < 1.29 is 22.6 Å². The maximum absolute atomic E-state index is 10.7. The van der Waals surface area contributed by atoms with E-state index in [2.05, 4.69) is 0 Å². The average Bonchev–Trinajstić information content (AvgIpc) is 2.65. The molecule has 2 rings (SSSR count). The SMILES string of the molecule is COc1ccc2c(c1C[SH](=O)=O)OCO2. The topological polar surface area (TPSA) is 61.8 Å². The average molecular weight is 230 g/mol. The van der Waals surface area contributed by atoms with Crippen molar-refractivity contribution in [2.75, 3.05) is 13.9 Å². The number of rotatable bonds is 3.